The van der Waals surface area contributed by atoms with Crippen molar-refractivity contribution in [3.05, 3.63) is 35.7 Å². The van der Waals surface area contributed by atoms with Gasteiger partial charge in [0, 0.05) is 44.7 Å². The maximum atomic E-state index is 14.0. The molecule has 2 fully saturated rings. The molecule has 0 spiro atoms. The van der Waals surface area contributed by atoms with Crippen molar-refractivity contribution in [2.24, 2.45) is 23.7 Å². The number of rotatable bonds is 20. The Balaban J connectivity index is 1.65. The number of methoxy groups -OCH3 is 2. The predicted octanol–water partition coefficient (Wildman–Crippen LogP) is 4.95. The van der Waals surface area contributed by atoms with Crippen LogP contribution >= 0.6 is 0 Å². The van der Waals surface area contributed by atoms with Crippen molar-refractivity contribution >= 4 is 11.8 Å². The number of aryl methyl sites for hydroxylation is 2. The van der Waals surface area contributed by atoms with Gasteiger partial charge in [0.25, 0.3) is 0 Å². The Morgan fingerprint density at radius 2 is 1.49 bits per heavy atom. The van der Waals surface area contributed by atoms with Gasteiger partial charge in [-0.05, 0) is 79.0 Å². The van der Waals surface area contributed by atoms with E-state index in [4.69, 9.17) is 33.2 Å². The lowest BCUT2D eigenvalue weighted by molar-refractivity contribution is -0.304. The molecule has 17 heteroatoms. The second kappa shape index (κ2) is 28.2. The molecule has 2 saturated heterocycles. The highest BCUT2D eigenvalue weighted by atomic mass is 16.7. The van der Waals surface area contributed by atoms with Crippen LogP contribution in [0.4, 0.5) is 0 Å². The Morgan fingerprint density at radius 3 is 2.15 bits per heavy atom. The van der Waals surface area contributed by atoms with E-state index in [1.807, 2.05) is 33.0 Å². The summed E-state index contributed by atoms with van der Waals surface area (Å²) >= 11 is 0. The van der Waals surface area contributed by atoms with Crippen molar-refractivity contribution < 1.29 is 63.2 Å². The SMILES string of the molecule is CCCCCCCCCc1cn(CC[C@H]2C[C@@H](C)C(=O)/C=C/C(C)=C/[C@H](CO[C@@H]3OC(C)[C@@H](O)[C@H](OC)C3OC)[C@@H](CC)OC(=O)C[C@@H](O)[C@H](C)[C@H]2O[C@@H]2O[C@H](C)[C@@H](O)C(N(C)C)C2O)nn1. The number of nitrogens with zero attached hydrogens (tertiary/aromatic N) is 4. The zero-order valence-corrected chi connectivity index (χ0v) is 42.3. The molecule has 384 valence electrons. The summed E-state index contributed by atoms with van der Waals surface area (Å²) in [5, 5.41) is 54.3. The molecule has 0 aromatic carbocycles. The Morgan fingerprint density at radius 1 is 0.836 bits per heavy atom. The lowest BCUT2D eigenvalue weighted by Crippen LogP contribution is -2.63. The Labute approximate surface area is 399 Å². The first-order valence-corrected chi connectivity index (χ1v) is 24.9. The van der Waals surface area contributed by atoms with Gasteiger partial charge in [-0.15, -0.1) is 5.10 Å². The smallest absolute Gasteiger partial charge is 0.308 e. The van der Waals surface area contributed by atoms with E-state index in [1.165, 1.54) is 46.3 Å². The number of esters is 1. The summed E-state index contributed by atoms with van der Waals surface area (Å²) in [5.41, 5.74) is 1.65. The predicted molar refractivity (Wildman–Crippen MR) is 252 cm³/mol. The van der Waals surface area contributed by atoms with Crippen LogP contribution < -0.4 is 0 Å². The van der Waals surface area contributed by atoms with Gasteiger partial charge >= 0.3 is 5.97 Å². The lowest BCUT2D eigenvalue weighted by Gasteiger charge is -2.46. The van der Waals surface area contributed by atoms with Crippen molar-refractivity contribution in [2.75, 3.05) is 34.9 Å². The third-order valence-corrected chi connectivity index (χ3v) is 14.1. The summed E-state index contributed by atoms with van der Waals surface area (Å²) in [5.74, 6) is -2.90. The van der Waals surface area contributed by atoms with Crippen LogP contribution in [-0.2, 0) is 55.7 Å². The van der Waals surface area contributed by atoms with E-state index in [1.54, 1.807) is 56.6 Å². The summed E-state index contributed by atoms with van der Waals surface area (Å²) in [4.78, 5) is 29.7. The van der Waals surface area contributed by atoms with Gasteiger partial charge in [-0.3, -0.25) is 14.3 Å². The molecule has 4 rings (SSSR count). The number of carbonyl (C=O) groups is 2. The van der Waals surface area contributed by atoms with Crippen LogP contribution in [0.2, 0.25) is 0 Å². The Kier molecular flexibility index (Phi) is 24.0. The number of hydrogen-bond acceptors (Lipinski definition) is 16. The quantitative estimate of drug-likeness (QED) is 0.101. The zero-order valence-electron chi connectivity index (χ0n) is 42.3. The van der Waals surface area contributed by atoms with E-state index < -0.39 is 109 Å². The highest BCUT2D eigenvalue weighted by Crippen LogP contribution is 2.35. The molecule has 1 aromatic rings. The van der Waals surface area contributed by atoms with Crippen LogP contribution in [0.25, 0.3) is 0 Å². The second-order valence-electron chi connectivity index (χ2n) is 19.6. The number of likely N-dealkylation sites (N-methyl/N-ethyl adjacent to an activating group) is 1. The molecule has 4 N–H and O–H groups in total. The molecule has 4 unspecified atom stereocenters. The van der Waals surface area contributed by atoms with Gasteiger partial charge in [0.15, 0.2) is 18.4 Å². The average Bonchev–Trinajstić information content (AvgIpc) is 3.75. The number of aromatic nitrogens is 3. The van der Waals surface area contributed by atoms with Gasteiger partial charge in [-0.25, -0.2) is 0 Å². The van der Waals surface area contributed by atoms with Gasteiger partial charge < -0.3 is 58.5 Å². The van der Waals surface area contributed by atoms with Gasteiger partial charge in [0.05, 0.1) is 55.3 Å². The third-order valence-electron chi connectivity index (χ3n) is 14.1. The highest BCUT2D eigenvalue weighted by molar-refractivity contribution is 5.91. The van der Waals surface area contributed by atoms with E-state index in [9.17, 15) is 30.0 Å². The monoisotopic (exact) mass is 951 g/mol. The number of unbranched alkanes of at least 4 members (excludes halogenated alkanes) is 6. The fourth-order valence-corrected chi connectivity index (χ4v) is 9.81. The molecule has 3 aliphatic heterocycles. The molecule has 17 atom stereocenters. The minimum Gasteiger partial charge on any atom is -0.462 e. The summed E-state index contributed by atoms with van der Waals surface area (Å²) in [6.07, 6.45) is 6.30. The minimum atomic E-state index is -1.27. The molecule has 0 saturated carbocycles. The van der Waals surface area contributed by atoms with Crippen LogP contribution in [0.3, 0.4) is 0 Å². The van der Waals surface area contributed by atoms with Crippen LogP contribution in [0.15, 0.2) is 30.0 Å². The fourth-order valence-electron chi connectivity index (χ4n) is 9.81. The zero-order chi connectivity index (χ0) is 49.4. The number of aliphatic hydroxyl groups is 4. The summed E-state index contributed by atoms with van der Waals surface area (Å²) in [7, 11) is 6.50. The molecule has 0 bridgehead atoms. The molecule has 0 radical (unpaired) electrons. The maximum absolute atomic E-state index is 14.0. The fraction of sp³-hybridized carbons (Fsp3) is 0.840. The van der Waals surface area contributed by atoms with Crippen molar-refractivity contribution in [1.29, 1.82) is 0 Å². The van der Waals surface area contributed by atoms with Crippen molar-refractivity contribution in [2.45, 2.75) is 212 Å². The second-order valence-corrected chi connectivity index (χ2v) is 19.6. The topological polar surface area (TPSA) is 214 Å². The number of carbonyl (C=O) groups excluding carboxylic acids is 2. The third kappa shape index (κ3) is 16.4. The van der Waals surface area contributed by atoms with E-state index in [2.05, 4.69) is 17.2 Å². The number of allylic oxidation sites excluding steroid dienone is 3. The highest BCUT2D eigenvalue weighted by Gasteiger charge is 2.48. The van der Waals surface area contributed by atoms with Crippen molar-refractivity contribution in [3.63, 3.8) is 0 Å². The standard InChI is InChI=1S/C50H86N4O13/c1-12-14-15-16-17-18-19-20-37-28-54(52-51-37)24-23-35-26-31(4)38(55)22-21-30(3)25-36(29-63-50-48(62-11)47(61-10)44(59)34(7)65-50)40(13-2)66-41(57)27-39(56)32(5)46(35)67-49-45(60)42(53(8)9)43(58)33(6)64-49/h21-22,25,28,31-36,39-40,42-50,56,58-60H,12-20,23-24,26-27,29H2,1-11H3/b22-21+,30-25+/t31-,32+,33-,34?,35+,36-,39-,40-,42?,43-,44-,45?,46-,47+,48?,49+,50-/m1/s1. The molecule has 3 aliphatic rings. The van der Waals surface area contributed by atoms with Crippen molar-refractivity contribution in [3.8, 4) is 0 Å². The van der Waals surface area contributed by atoms with E-state index in [0.29, 0.717) is 25.8 Å². The molecule has 67 heavy (non-hydrogen) atoms. The van der Waals surface area contributed by atoms with E-state index in [0.717, 1.165) is 30.5 Å². The maximum Gasteiger partial charge on any atom is 0.308 e. The molecular weight excluding hydrogens is 865 g/mol. The first-order chi connectivity index (χ1) is 31.9. The largest absolute Gasteiger partial charge is 0.462 e. The van der Waals surface area contributed by atoms with Gasteiger partial charge in [0.2, 0.25) is 0 Å². The van der Waals surface area contributed by atoms with Crippen LogP contribution in [0.1, 0.15) is 125 Å². The van der Waals surface area contributed by atoms with Gasteiger partial charge in [0.1, 0.15) is 30.5 Å². The van der Waals surface area contributed by atoms with E-state index >= 15 is 0 Å². The lowest BCUT2D eigenvalue weighted by atomic mass is 9.79. The summed E-state index contributed by atoms with van der Waals surface area (Å²) < 4.78 is 44.4. The molecule has 17 nitrogen and oxygen atoms in total. The normalized spacial score (nSPS) is 37.6. The van der Waals surface area contributed by atoms with Crippen molar-refractivity contribution in [1.82, 2.24) is 19.9 Å². The first kappa shape index (κ1) is 56.9. The molecular formula is C50H86N4O13. The minimum absolute atomic E-state index is 0.0266. The molecule has 0 amide bonds. The Hall–Kier alpha value is -2.68. The van der Waals surface area contributed by atoms with Crippen LogP contribution in [-0.4, -0.2) is 167 Å². The van der Waals surface area contributed by atoms with Gasteiger partial charge in [-0.1, -0.05) is 89.2 Å². The number of ether oxygens (including phenoxy) is 7. The molecule has 4 heterocycles. The van der Waals surface area contributed by atoms with Crippen LogP contribution in [0, 0.1) is 23.7 Å². The Bertz CT molecular complexity index is 1680. The molecule has 1 aromatic heterocycles. The van der Waals surface area contributed by atoms with E-state index in [-0.39, 0.29) is 18.8 Å². The summed E-state index contributed by atoms with van der Waals surface area (Å²) in [6, 6.07) is -0.718. The average molecular weight is 951 g/mol. The molecule has 0 aliphatic carbocycles. The number of ketones is 1. The first-order valence-electron chi connectivity index (χ1n) is 24.9. The summed E-state index contributed by atoms with van der Waals surface area (Å²) in [6.45, 7) is 13.5. The number of aliphatic hydroxyl groups excluding tert-OH is 4. The van der Waals surface area contributed by atoms with Gasteiger partial charge in [-0.2, -0.15) is 0 Å². The number of cyclic esters (lactones) is 1. The number of hydrogen-bond donors (Lipinski definition) is 4. The van der Waals surface area contributed by atoms with Crippen LogP contribution in [0.5, 0.6) is 0 Å².